The van der Waals surface area contributed by atoms with Gasteiger partial charge in [0.05, 0.1) is 5.92 Å². The molecule has 1 fully saturated rings. The first-order valence-corrected chi connectivity index (χ1v) is 7.91. The minimum Gasteiger partial charge on any atom is -0.354 e. The Labute approximate surface area is 124 Å². The topological polar surface area (TPSA) is 55.1 Å². The van der Waals surface area contributed by atoms with E-state index < -0.39 is 23.9 Å². The van der Waals surface area contributed by atoms with Gasteiger partial charge in [0.15, 0.2) is 0 Å². The van der Waals surface area contributed by atoms with Crippen LogP contribution in [0, 0.1) is 17.8 Å². The quantitative estimate of drug-likeness (QED) is 0.791. The van der Waals surface area contributed by atoms with Crippen LogP contribution in [0.4, 0.5) is 13.2 Å². The smallest absolute Gasteiger partial charge is 0.354 e. The van der Waals surface area contributed by atoms with Gasteiger partial charge >= 0.3 is 6.18 Å². The first-order chi connectivity index (χ1) is 9.81. The zero-order chi connectivity index (χ0) is 16.0. The van der Waals surface area contributed by atoms with Gasteiger partial charge in [-0.3, -0.25) is 4.79 Å². The fourth-order valence-electron chi connectivity index (χ4n) is 3.25. The molecule has 124 valence electrons. The van der Waals surface area contributed by atoms with Gasteiger partial charge in [-0.1, -0.05) is 39.5 Å². The molecule has 1 saturated carbocycles. The maximum absolute atomic E-state index is 13.0. The molecule has 0 aromatic heterocycles. The molecule has 0 heterocycles. The van der Waals surface area contributed by atoms with E-state index in [1.165, 1.54) is 0 Å². The van der Waals surface area contributed by atoms with E-state index in [-0.39, 0.29) is 24.9 Å². The van der Waals surface area contributed by atoms with Gasteiger partial charge in [0.2, 0.25) is 5.91 Å². The van der Waals surface area contributed by atoms with Crippen molar-refractivity contribution < 1.29 is 18.0 Å². The van der Waals surface area contributed by atoms with Gasteiger partial charge in [-0.25, -0.2) is 0 Å². The predicted octanol–water partition coefficient (Wildman–Crippen LogP) is 3.23. The SMILES string of the molecule is CCC(CC)C(N)CNC(=O)C1CCCCC1C(F)(F)F. The zero-order valence-corrected chi connectivity index (χ0v) is 12.9. The summed E-state index contributed by atoms with van der Waals surface area (Å²) in [6.07, 6.45) is -0.884. The number of alkyl halides is 3. The van der Waals surface area contributed by atoms with Crippen molar-refractivity contribution in [3.63, 3.8) is 0 Å². The van der Waals surface area contributed by atoms with Gasteiger partial charge in [-0.15, -0.1) is 0 Å². The Hall–Kier alpha value is -0.780. The molecule has 0 aromatic rings. The van der Waals surface area contributed by atoms with E-state index in [2.05, 4.69) is 5.32 Å². The lowest BCUT2D eigenvalue weighted by molar-refractivity contribution is -0.198. The van der Waals surface area contributed by atoms with Crippen molar-refractivity contribution in [3.05, 3.63) is 0 Å². The summed E-state index contributed by atoms with van der Waals surface area (Å²) in [5.41, 5.74) is 6.00. The molecule has 0 saturated heterocycles. The molecule has 3 nitrogen and oxygen atoms in total. The Bertz CT molecular complexity index is 329. The van der Waals surface area contributed by atoms with Crippen LogP contribution < -0.4 is 11.1 Å². The maximum Gasteiger partial charge on any atom is 0.392 e. The van der Waals surface area contributed by atoms with Crippen molar-refractivity contribution in [3.8, 4) is 0 Å². The van der Waals surface area contributed by atoms with Crippen molar-refractivity contribution in [2.45, 2.75) is 64.6 Å². The Morgan fingerprint density at radius 2 is 1.81 bits per heavy atom. The van der Waals surface area contributed by atoms with Gasteiger partial charge in [-0.2, -0.15) is 13.2 Å². The van der Waals surface area contributed by atoms with Crippen LogP contribution in [-0.2, 0) is 4.79 Å². The highest BCUT2D eigenvalue weighted by Crippen LogP contribution is 2.41. The predicted molar refractivity (Wildman–Crippen MR) is 76.6 cm³/mol. The molecule has 6 heteroatoms. The highest BCUT2D eigenvalue weighted by atomic mass is 19.4. The molecule has 1 rings (SSSR count). The average molecular weight is 308 g/mol. The molecule has 21 heavy (non-hydrogen) atoms. The van der Waals surface area contributed by atoms with Gasteiger partial charge in [0, 0.05) is 18.5 Å². The minimum atomic E-state index is -4.29. The van der Waals surface area contributed by atoms with Gasteiger partial charge < -0.3 is 11.1 Å². The fourth-order valence-corrected chi connectivity index (χ4v) is 3.25. The summed E-state index contributed by atoms with van der Waals surface area (Å²) in [5, 5.41) is 2.64. The molecule has 3 atom stereocenters. The van der Waals surface area contributed by atoms with Gasteiger partial charge in [0.1, 0.15) is 0 Å². The van der Waals surface area contributed by atoms with E-state index in [1.54, 1.807) is 0 Å². The minimum absolute atomic E-state index is 0.0557. The van der Waals surface area contributed by atoms with Crippen LogP contribution in [0.25, 0.3) is 0 Å². The van der Waals surface area contributed by atoms with Crippen LogP contribution in [0.15, 0.2) is 0 Å². The molecule has 0 bridgehead atoms. The van der Waals surface area contributed by atoms with E-state index in [1.807, 2.05) is 13.8 Å². The number of rotatable bonds is 6. The van der Waals surface area contributed by atoms with Crippen molar-refractivity contribution in [2.75, 3.05) is 6.54 Å². The van der Waals surface area contributed by atoms with Crippen molar-refractivity contribution in [2.24, 2.45) is 23.5 Å². The standard InChI is InChI=1S/C15H27F3N2O/c1-3-10(4-2)13(19)9-20-14(21)11-7-5-6-8-12(11)15(16,17)18/h10-13H,3-9,19H2,1-2H3,(H,20,21). The van der Waals surface area contributed by atoms with E-state index in [9.17, 15) is 18.0 Å². The Morgan fingerprint density at radius 3 is 2.33 bits per heavy atom. The van der Waals surface area contributed by atoms with Crippen LogP contribution in [0.3, 0.4) is 0 Å². The molecule has 3 N–H and O–H groups in total. The van der Waals surface area contributed by atoms with Crippen molar-refractivity contribution in [1.82, 2.24) is 5.32 Å². The number of hydrogen-bond donors (Lipinski definition) is 2. The van der Waals surface area contributed by atoms with E-state index in [0.717, 1.165) is 12.8 Å². The number of halogens is 3. The van der Waals surface area contributed by atoms with E-state index in [0.29, 0.717) is 19.3 Å². The van der Waals surface area contributed by atoms with E-state index >= 15 is 0 Å². The van der Waals surface area contributed by atoms with Gasteiger partial charge in [-0.05, 0) is 18.8 Å². The lowest BCUT2D eigenvalue weighted by Gasteiger charge is -2.32. The molecule has 1 aliphatic carbocycles. The van der Waals surface area contributed by atoms with Crippen LogP contribution in [0.2, 0.25) is 0 Å². The Balaban J connectivity index is 2.57. The van der Waals surface area contributed by atoms with Crippen LogP contribution in [-0.4, -0.2) is 24.7 Å². The zero-order valence-electron chi connectivity index (χ0n) is 12.9. The van der Waals surface area contributed by atoms with Crippen LogP contribution >= 0.6 is 0 Å². The average Bonchev–Trinajstić information content (AvgIpc) is 2.45. The van der Waals surface area contributed by atoms with Crippen molar-refractivity contribution in [1.29, 1.82) is 0 Å². The summed E-state index contributed by atoms with van der Waals surface area (Å²) >= 11 is 0. The monoisotopic (exact) mass is 308 g/mol. The molecule has 0 aliphatic heterocycles. The number of hydrogen-bond acceptors (Lipinski definition) is 2. The first kappa shape index (κ1) is 18.3. The number of carbonyl (C=O) groups excluding carboxylic acids is 1. The van der Waals surface area contributed by atoms with Gasteiger partial charge in [0.25, 0.3) is 0 Å². The third-order valence-electron chi connectivity index (χ3n) is 4.69. The second-order valence-corrected chi connectivity index (χ2v) is 6.02. The molecular weight excluding hydrogens is 281 g/mol. The third-order valence-corrected chi connectivity index (χ3v) is 4.69. The maximum atomic E-state index is 13.0. The largest absolute Gasteiger partial charge is 0.392 e. The molecular formula is C15H27F3N2O. The summed E-state index contributed by atoms with van der Waals surface area (Å²) in [4.78, 5) is 12.1. The normalized spacial score (nSPS) is 24.9. The lowest BCUT2D eigenvalue weighted by atomic mass is 9.78. The second kappa shape index (κ2) is 8.01. The second-order valence-electron chi connectivity index (χ2n) is 6.02. The van der Waals surface area contributed by atoms with Crippen LogP contribution in [0.5, 0.6) is 0 Å². The summed E-state index contributed by atoms with van der Waals surface area (Å²) < 4.78 is 38.9. The number of carbonyl (C=O) groups is 1. The molecule has 3 unspecified atom stereocenters. The molecule has 1 aliphatic rings. The Kier molecular flexibility index (Phi) is 6.97. The van der Waals surface area contributed by atoms with E-state index in [4.69, 9.17) is 5.73 Å². The molecule has 0 spiro atoms. The summed E-state index contributed by atoms with van der Waals surface area (Å²) in [6, 6.07) is -0.197. The van der Waals surface area contributed by atoms with Crippen molar-refractivity contribution >= 4 is 5.91 Å². The fraction of sp³-hybridized carbons (Fsp3) is 0.933. The summed E-state index contributed by atoms with van der Waals surface area (Å²) in [7, 11) is 0. The number of amides is 1. The first-order valence-electron chi connectivity index (χ1n) is 7.91. The third kappa shape index (κ3) is 5.16. The summed E-state index contributed by atoms with van der Waals surface area (Å²) in [5.74, 6) is -2.66. The Morgan fingerprint density at radius 1 is 1.24 bits per heavy atom. The molecule has 0 aromatic carbocycles. The van der Waals surface area contributed by atoms with Crippen LogP contribution in [0.1, 0.15) is 52.4 Å². The molecule has 1 amide bonds. The molecule has 0 radical (unpaired) electrons. The highest BCUT2D eigenvalue weighted by Gasteiger charge is 2.47. The summed E-state index contributed by atoms with van der Waals surface area (Å²) in [6.45, 7) is 4.31. The number of nitrogens with two attached hydrogens (primary N) is 1. The highest BCUT2D eigenvalue weighted by molar-refractivity contribution is 5.79. The lowest BCUT2D eigenvalue weighted by Crippen LogP contribution is -2.47. The number of nitrogens with one attached hydrogen (secondary N) is 1.